The van der Waals surface area contributed by atoms with Crippen molar-refractivity contribution in [1.82, 2.24) is 0 Å². The number of hydrogen-bond acceptors (Lipinski definition) is 4. The fourth-order valence-electron chi connectivity index (χ4n) is 11.7. The molecule has 0 aromatic carbocycles. The molecule has 0 radical (unpaired) electrons. The number of carbonyl (C=O) groups excluding carboxylic acids is 2. The van der Waals surface area contributed by atoms with Gasteiger partial charge in [0.15, 0.2) is 0 Å². The Morgan fingerprint density at radius 2 is 0.962 bits per heavy atom. The Hall–Kier alpha value is -1.06. The lowest BCUT2D eigenvalue weighted by Gasteiger charge is -2.57. The minimum Gasteiger partial charge on any atom is -0.469 e. The van der Waals surface area contributed by atoms with Gasteiger partial charge in [0.05, 0.1) is 25.0 Å². The third-order valence-corrected chi connectivity index (χ3v) is 11.0. The Morgan fingerprint density at radius 1 is 0.654 bits per heavy atom. The first-order chi connectivity index (χ1) is 12.7. The molecule has 0 N–H and O–H groups in total. The molecule has 0 aromatic heterocycles. The van der Waals surface area contributed by atoms with E-state index in [9.17, 15) is 9.59 Å². The lowest BCUT2D eigenvalue weighted by molar-refractivity contribution is -0.208. The number of hydrogen-bond donors (Lipinski definition) is 0. The molecule has 26 heavy (non-hydrogen) atoms. The zero-order chi connectivity index (χ0) is 17.6. The van der Waals surface area contributed by atoms with Crippen LogP contribution in [0.2, 0.25) is 0 Å². The van der Waals surface area contributed by atoms with E-state index in [0.29, 0.717) is 59.2 Å². The highest BCUT2D eigenvalue weighted by Crippen LogP contribution is 2.97. The van der Waals surface area contributed by atoms with Crippen molar-refractivity contribution in [3.63, 3.8) is 0 Å². The molecule has 0 aliphatic heterocycles. The summed E-state index contributed by atoms with van der Waals surface area (Å²) < 4.78 is 11.1. The van der Waals surface area contributed by atoms with Gasteiger partial charge < -0.3 is 9.47 Å². The van der Waals surface area contributed by atoms with Crippen LogP contribution in [-0.2, 0) is 19.1 Å². The minimum absolute atomic E-state index is 0.0499. The molecule has 4 heteroatoms. The van der Waals surface area contributed by atoms with Crippen molar-refractivity contribution in [2.24, 2.45) is 70.0 Å². The van der Waals surface area contributed by atoms with Gasteiger partial charge in [-0.2, -0.15) is 0 Å². The molecule has 12 atom stereocenters. The summed E-state index contributed by atoms with van der Waals surface area (Å²) in [5, 5.41) is 0. The molecule has 0 saturated heterocycles. The second kappa shape index (κ2) is 4.17. The molecule has 0 spiro atoms. The van der Waals surface area contributed by atoms with Crippen molar-refractivity contribution < 1.29 is 19.1 Å². The zero-order valence-electron chi connectivity index (χ0n) is 15.6. The molecular weight excluding hydrogens is 328 g/mol. The van der Waals surface area contributed by atoms with Crippen LogP contribution in [0.1, 0.15) is 38.5 Å². The van der Waals surface area contributed by atoms with Crippen LogP contribution < -0.4 is 0 Å². The van der Waals surface area contributed by atoms with Crippen molar-refractivity contribution in [3.05, 3.63) is 0 Å². The Morgan fingerprint density at radius 3 is 1.23 bits per heavy atom. The molecule has 8 aliphatic rings. The van der Waals surface area contributed by atoms with E-state index in [2.05, 4.69) is 0 Å². The van der Waals surface area contributed by atoms with Crippen LogP contribution >= 0.6 is 0 Å². The average Bonchev–Trinajstić information content (AvgIpc) is 3.44. The van der Waals surface area contributed by atoms with E-state index >= 15 is 0 Å². The van der Waals surface area contributed by atoms with E-state index in [1.807, 2.05) is 0 Å². The maximum atomic E-state index is 13.6. The Labute approximate surface area is 154 Å². The summed E-state index contributed by atoms with van der Waals surface area (Å²) in [5.41, 5.74) is -1.09. The first-order valence-electron chi connectivity index (χ1n) is 10.8. The summed E-state index contributed by atoms with van der Waals surface area (Å²) in [6.45, 7) is 0. The van der Waals surface area contributed by atoms with Crippen LogP contribution in [0, 0.1) is 70.0 Å². The predicted molar refractivity (Wildman–Crippen MR) is 91.5 cm³/mol. The summed E-state index contributed by atoms with van der Waals surface area (Å²) in [6.07, 6.45) is 7.59. The van der Waals surface area contributed by atoms with Gasteiger partial charge in [-0.25, -0.2) is 0 Å². The zero-order valence-corrected chi connectivity index (χ0v) is 15.6. The lowest BCUT2D eigenvalue weighted by Crippen LogP contribution is -2.65. The van der Waals surface area contributed by atoms with Gasteiger partial charge in [-0.15, -0.1) is 0 Å². The van der Waals surface area contributed by atoms with Crippen molar-refractivity contribution in [2.45, 2.75) is 38.5 Å². The van der Waals surface area contributed by atoms with Crippen molar-refractivity contribution in [2.75, 3.05) is 14.2 Å². The van der Waals surface area contributed by atoms with Crippen LogP contribution in [0.5, 0.6) is 0 Å². The van der Waals surface area contributed by atoms with Gasteiger partial charge in [-0.3, -0.25) is 9.59 Å². The number of rotatable bonds is 2. The SMILES string of the molecule is COC(=O)C12[C@@H]3C4C5[C@@H]1[C@H]1CCC[C@@H]1[C@H]5C2(C(=O)OC)[C@H]4[C@H]1CCC[C@H]13. The number of fused-ring (bicyclic) bond motifs is 2. The van der Waals surface area contributed by atoms with Gasteiger partial charge in [-0.1, -0.05) is 12.8 Å². The second-order valence-electron chi connectivity index (χ2n) is 10.5. The van der Waals surface area contributed by atoms with Crippen LogP contribution in [0.15, 0.2) is 0 Å². The monoisotopic (exact) mass is 356 g/mol. The van der Waals surface area contributed by atoms with E-state index in [0.717, 1.165) is 0 Å². The third kappa shape index (κ3) is 1.02. The molecule has 140 valence electrons. The Kier molecular flexibility index (Phi) is 2.40. The molecule has 4 nitrogen and oxygen atoms in total. The van der Waals surface area contributed by atoms with E-state index in [1.54, 1.807) is 14.2 Å². The van der Waals surface area contributed by atoms with E-state index < -0.39 is 10.8 Å². The molecule has 8 saturated carbocycles. The minimum atomic E-state index is -0.545. The van der Waals surface area contributed by atoms with Gasteiger partial charge in [-0.05, 0) is 84.9 Å². The molecule has 0 heterocycles. The van der Waals surface area contributed by atoms with Crippen LogP contribution in [0.25, 0.3) is 0 Å². The van der Waals surface area contributed by atoms with E-state index in [4.69, 9.17) is 9.47 Å². The van der Waals surface area contributed by atoms with Gasteiger partial charge in [0.25, 0.3) is 0 Å². The van der Waals surface area contributed by atoms with Crippen molar-refractivity contribution in [3.8, 4) is 0 Å². The maximum Gasteiger partial charge on any atom is 0.313 e. The van der Waals surface area contributed by atoms with Crippen molar-refractivity contribution >= 4 is 11.9 Å². The smallest absolute Gasteiger partial charge is 0.313 e. The summed E-state index contributed by atoms with van der Waals surface area (Å²) >= 11 is 0. The highest BCUT2D eigenvalue weighted by atomic mass is 16.5. The van der Waals surface area contributed by atoms with E-state index in [1.165, 1.54) is 38.5 Å². The summed E-state index contributed by atoms with van der Waals surface area (Å²) in [7, 11) is 3.09. The van der Waals surface area contributed by atoms with Crippen molar-refractivity contribution in [1.29, 1.82) is 0 Å². The quantitative estimate of drug-likeness (QED) is 0.714. The largest absolute Gasteiger partial charge is 0.469 e. The standard InChI is InChI=1S/C22H28O4/c1-25-19(23)21-15-9-5-3-7-11(9)17-13(15)14-16(21)10-6-4-8-12(10)18(14)22(17,21)20(24)26-2/h9-18H,3-8H2,1-2H3/t9-,10-,11-,12+,13?,14?,15+,16-,17-,18-,21?,22?/m0/s1. The van der Waals surface area contributed by atoms with Crippen LogP contribution in [-0.4, -0.2) is 26.2 Å². The predicted octanol–water partition coefficient (Wildman–Crippen LogP) is 2.90. The van der Waals surface area contributed by atoms with Crippen LogP contribution in [0.3, 0.4) is 0 Å². The maximum absolute atomic E-state index is 13.6. The summed E-state index contributed by atoms with van der Waals surface area (Å²) in [4.78, 5) is 27.2. The molecular formula is C22H28O4. The highest BCUT2D eigenvalue weighted by Gasteiger charge is 3.00. The fraction of sp³-hybridized carbons (Fsp3) is 0.909. The Balaban J connectivity index is 1.54. The second-order valence-corrected chi connectivity index (χ2v) is 10.5. The summed E-state index contributed by atoms with van der Waals surface area (Å²) in [5.74, 6) is 5.35. The van der Waals surface area contributed by atoms with Gasteiger partial charge >= 0.3 is 11.9 Å². The van der Waals surface area contributed by atoms with E-state index in [-0.39, 0.29) is 11.9 Å². The molecule has 0 amide bonds. The fourth-order valence-corrected chi connectivity index (χ4v) is 11.7. The molecule has 8 rings (SSSR count). The topological polar surface area (TPSA) is 52.6 Å². The molecule has 4 unspecified atom stereocenters. The average molecular weight is 356 g/mol. The molecule has 8 aliphatic carbocycles. The first kappa shape index (κ1) is 14.9. The Bertz CT molecular complexity index is 644. The number of carbonyl (C=O) groups is 2. The van der Waals surface area contributed by atoms with Crippen LogP contribution in [0.4, 0.5) is 0 Å². The van der Waals surface area contributed by atoms with Gasteiger partial charge in [0, 0.05) is 0 Å². The molecule has 8 fully saturated rings. The number of methoxy groups -OCH3 is 2. The molecule has 8 bridgehead atoms. The summed E-state index contributed by atoms with van der Waals surface area (Å²) in [6, 6.07) is 0. The molecule has 0 aromatic rings. The highest BCUT2D eigenvalue weighted by molar-refractivity contribution is 5.94. The normalized spacial score (nSPS) is 64.2. The van der Waals surface area contributed by atoms with Gasteiger partial charge in [0.1, 0.15) is 0 Å². The lowest BCUT2D eigenvalue weighted by atomic mass is 9.43. The third-order valence-electron chi connectivity index (χ3n) is 11.0. The number of esters is 2. The first-order valence-corrected chi connectivity index (χ1v) is 10.8. The van der Waals surface area contributed by atoms with Gasteiger partial charge in [0.2, 0.25) is 0 Å². The number of ether oxygens (including phenoxy) is 2.